The van der Waals surface area contributed by atoms with Crippen molar-refractivity contribution < 1.29 is 22.5 Å². The summed E-state index contributed by atoms with van der Waals surface area (Å²) in [5.74, 6) is 0.622. The normalized spacial score (nSPS) is 23.5. The predicted molar refractivity (Wildman–Crippen MR) is 187 cm³/mol. The molecule has 5 nitrogen and oxygen atoms in total. The van der Waals surface area contributed by atoms with Crippen LogP contribution in [0.2, 0.25) is 78.6 Å². The highest BCUT2D eigenvalue weighted by atomic mass is 28.4. The smallest absolute Gasteiger partial charge is 0.292 e. The van der Waals surface area contributed by atoms with Gasteiger partial charge in [-0.05, 0) is 117 Å². The Morgan fingerprint density at radius 2 is 1.39 bits per heavy atom. The Kier molecular flexibility index (Phi) is 16.3. The van der Waals surface area contributed by atoms with Crippen LogP contribution in [0.3, 0.4) is 0 Å². The first kappa shape index (κ1) is 38.7. The molecule has 0 aromatic carbocycles. The van der Waals surface area contributed by atoms with Crippen LogP contribution >= 0.6 is 0 Å². The van der Waals surface area contributed by atoms with E-state index in [-0.39, 0.29) is 24.3 Å². The highest BCUT2D eigenvalue weighted by molar-refractivity contribution is 6.71. The fraction of sp³-hybridized carbons (Fsp3) is 0.844. The molecule has 0 aliphatic heterocycles. The zero-order valence-corrected chi connectivity index (χ0v) is 33.1. The number of allylic oxidation sites excluding steroid dienone is 2. The van der Waals surface area contributed by atoms with Crippen LogP contribution in [0.4, 0.5) is 0 Å². The Bertz CT molecular complexity index is 818. The lowest BCUT2D eigenvalue weighted by atomic mass is 9.89. The third kappa shape index (κ3) is 18.9. The van der Waals surface area contributed by atoms with Crippen molar-refractivity contribution in [3.8, 4) is 0 Å². The van der Waals surface area contributed by atoms with E-state index in [0.29, 0.717) is 18.3 Å². The fourth-order valence-electron chi connectivity index (χ4n) is 5.45. The second-order valence-corrected chi connectivity index (χ2v) is 33.7. The molecule has 0 radical (unpaired) electrons. The molecule has 41 heavy (non-hydrogen) atoms. The SMILES string of the molecule is CCCCC[C@@H](/C=C/C1[C@@H](C/C=C\CCCC(=O)O[Si](C)(C)C)[C@@H](O[Si](C)(C)C)C[C@H]1O[Si](C)(C)C)O[Si](C)(C)C. The first-order valence-corrected chi connectivity index (χ1v) is 29.9. The molecule has 5 atom stereocenters. The summed E-state index contributed by atoms with van der Waals surface area (Å²) in [6, 6.07) is 0. The Hall–Kier alpha value is -0.302. The molecular formula is C32H66O5Si4. The average Bonchev–Trinajstić information content (AvgIpc) is 3.04. The van der Waals surface area contributed by atoms with Gasteiger partial charge in [0.25, 0.3) is 5.97 Å². The third-order valence-corrected chi connectivity index (χ3v) is 10.6. The molecule has 0 aromatic heterocycles. The Morgan fingerprint density at radius 1 is 0.780 bits per heavy atom. The molecular weight excluding hydrogens is 577 g/mol. The van der Waals surface area contributed by atoms with E-state index in [0.717, 1.165) is 32.1 Å². The molecule has 1 aliphatic carbocycles. The van der Waals surface area contributed by atoms with Gasteiger partial charge in [-0.2, -0.15) is 0 Å². The van der Waals surface area contributed by atoms with Gasteiger partial charge in [0.05, 0.1) is 18.3 Å². The first-order chi connectivity index (χ1) is 18.7. The molecule has 0 heterocycles. The van der Waals surface area contributed by atoms with E-state index >= 15 is 0 Å². The van der Waals surface area contributed by atoms with Gasteiger partial charge in [0, 0.05) is 12.3 Å². The van der Waals surface area contributed by atoms with Gasteiger partial charge in [-0.25, -0.2) is 0 Å². The summed E-state index contributed by atoms with van der Waals surface area (Å²) < 4.78 is 25.9. The lowest BCUT2D eigenvalue weighted by Crippen LogP contribution is -2.35. The van der Waals surface area contributed by atoms with Gasteiger partial charge in [-0.15, -0.1) is 0 Å². The lowest BCUT2D eigenvalue weighted by molar-refractivity contribution is -0.135. The molecule has 9 heteroatoms. The molecule has 240 valence electrons. The van der Waals surface area contributed by atoms with E-state index in [9.17, 15) is 4.79 Å². The van der Waals surface area contributed by atoms with E-state index in [1.54, 1.807) is 0 Å². The number of hydrogen-bond acceptors (Lipinski definition) is 5. The highest BCUT2D eigenvalue weighted by Crippen LogP contribution is 2.42. The van der Waals surface area contributed by atoms with Crippen molar-refractivity contribution in [2.45, 2.75) is 162 Å². The van der Waals surface area contributed by atoms with Gasteiger partial charge >= 0.3 is 0 Å². The molecule has 0 bridgehead atoms. The molecule has 0 N–H and O–H groups in total. The van der Waals surface area contributed by atoms with Crippen LogP contribution in [0, 0.1) is 11.8 Å². The zero-order chi connectivity index (χ0) is 31.5. The minimum atomic E-state index is -1.81. The summed E-state index contributed by atoms with van der Waals surface area (Å²) in [6.45, 7) is 29.1. The Labute approximate surface area is 258 Å². The maximum Gasteiger partial charge on any atom is 0.292 e. The number of carbonyl (C=O) groups excluding carboxylic acids is 1. The minimum absolute atomic E-state index is 0.0532. The summed E-state index contributed by atoms with van der Waals surface area (Å²) >= 11 is 0. The van der Waals surface area contributed by atoms with Crippen LogP contribution < -0.4 is 0 Å². The second kappa shape index (κ2) is 17.3. The maximum absolute atomic E-state index is 12.1. The predicted octanol–water partition coefficient (Wildman–Crippen LogP) is 9.91. The van der Waals surface area contributed by atoms with Crippen molar-refractivity contribution in [2.75, 3.05) is 0 Å². The lowest BCUT2D eigenvalue weighted by Gasteiger charge is -2.30. The van der Waals surface area contributed by atoms with Gasteiger partial charge in [-0.1, -0.05) is 50.5 Å². The van der Waals surface area contributed by atoms with Crippen LogP contribution in [-0.2, 0) is 22.5 Å². The molecule has 1 aliphatic rings. The van der Waals surface area contributed by atoms with E-state index < -0.39 is 33.3 Å². The zero-order valence-electron chi connectivity index (χ0n) is 29.1. The van der Waals surface area contributed by atoms with Gasteiger partial charge in [-0.3, -0.25) is 4.79 Å². The van der Waals surface area contributed by atoms with E-state index in [4.69, 9.17) is 17.7 Å². The fourth-order valence-corrected chi connectivity index (χ4v) is 9.69. The van der Waals surface area contributed by atoms with Gasteiger partial charge in [0.15, 0.2) is 25.0 Å². The summed E-state index contributed by atoms with van der Waals surface area (Å²) in [6.07, 6.45) is 18.8. The van der Waals surface area contributed by atoms with Crippen molar-refractivity contribution in [2.24, 2.45) is 11.8 Å². The largest absolute Gasteiger partial charge is 0.520 e. The van der Waals surface area contributed by atoms with Gasteiger partial charge < -0.3 is 17.7 Å². The van der Waals surface area contributed by atoms with Crippen molar-refractivity contribution in [3.63, 3.8) is 0 Å². The molecule has 0 saturated heterocycles. The molecule has 0 amide bonds. The van der Waals surface area contributed by atoms with Crippen molar-refractivity contribution in [1.29, 1.82) is 0 Å². The summed E-state index contributed by atoms with van der Waals surface area (Å²) in [7, 11) is -6.95. The Balaban J connectivity index is 3.13. The van der Waals surface area contributed by atoms with Crippen LogP contribution in [0.1, 0.15) is 64.7 Å². The molecule has 1 saturated carbocycles. The van der Waals surface area contributed by atoms with E-state index in [1.807, 2.05) is 0 Å². The topological polar surface area (TPSA) is 54.0 Å². The maximum atomic E-state index is 12.1. The quantitative estimate of drug-likeness (QED) is 0.0797. The summed E-state index contributed by atoms with van der Waals surface area (Å²) in [5.41, 5.74) is 0. The Morgan fingerprint density at radius 3 is 1.93 bits per heavy atom. The number of carbonyl (C=O) groups is 1. The van der Waals surface area contributed by atoms with Crippen molar-refractivity contribution >= 4 is 39.2 Å². The third-order valence-electron chi connectivity index (χ3n) is 6.77. The molecule has 0 aromatic rings. The van der Waals surface area contributed by atoms with E-state index in [1.165, 1.54) is 19.3 Å². The molecule has 0 spiro atoms. The number of hydrogen-bond donors (Lipinski definition) is 0. The highest BCUT2D eigenvalue weighted by Gasteiger charge is 2.45. The van der Waals surface area contributed by atoms with Gasteiger partial charge in [0.1, 0.15) is 0 Å². The standard InChI is InChI=1S/C32H66O5Si4/c1-14-15-18-21-27(34-38(2,3)4)24-25-29-28(22-19-16-17-20-23-32(33)37-41(11,12)13)30(35-39(5,6)7)26-31(29)36-40(8,9)10/h16,19,24-25,27-31H,14-15,17-18,20-23,26H2,1-13H3/b19-16-,25-24+/t27-,28+,29?,30-,31+/m0/s1. The first-order valence-electron chi connectivity index (χ1n) is 16.3. The second-order valence-electron chi connectivity index (χ2n) is 15.8. The van der Waals surface area contributed by atoms with Crippen LogP contribution in [0.5, 0.6) is 0 Å². The van der Waals surface area contributed by atoms with Crippen molar-refractivity contribution in [3.05, 3.63) is 24.3 Å². The molecule has 1 fully saturated rings. The molecule has 1 unspecified atom stereocenters. The van der Waals surface area contributed by atoms with Gasteiger partial charge in [0.2, 0.25) is 8.32 Å². The summed E-state index contributed by atoms with van der Waals surface area (Å²) in [4.78, 5) is 12.1. The van der Waals surface area contributed by atoms with Crippen LogP contribution in [0.25, 0.3) is 0 Å². The monoisotopic (exact) mass is 642 g/mol. The average molecular weight is 643 g/mol. The molecule has 1 rings (SSSR count). The minimum Gasteiger partial charge on any atom is -0.520 e. The number of rotatable bonds is 19. The van der Waals surface area contributed by atoms with Crippen LogP contribution in [-0.4, -0.2) is 57.6 Å². The van der Waals surface area contributed by atoms with Crippen molar-refractivity contribution in [1.82, 2.24) is 0 Å². The van der Waals surface area contributed by atoms with E-state index in [2.05, 4.69) is 110 Å². The van der Waals surface area contributed by atoms with Crippen LogP contribution in [0.15, 0.2) is 24.3 Å². The summed E-state index contributed by atoms with van der Waals surface area (Å²) in [5, 5.41) is 0. The number of unbranched alkanes of at least 4 members (excludes halogenated alkanes) is 3.